The summed E-state index contributed by atoms with van der Waals surface area (Å²) in [6, 6.07) is 2.93. The zero-order valence-corrected chi connectivity index (χ0v) is 14.3. The molecule has 1 saturated carbocycles. The lowest BCUT2D eigenvalue weighted by molar-refractivity contribution is 0.112. The summed E-state index contributed by atoms with van der Waals surface area (Å²) in [5.41, 5.74) is 8.10. The molecule has 0 radical (unpaired) electrons. The van der Waals surface area contributed by atoms with Crippen molar-refractivity contribution in [2.45, 2.75) is 84.7 Å². The van der Waals surface area contributed by atoms with Crippen molar-refractivity contribution >= 4 is 0 Å². The van der Waals surface area contributed by atoms with E-state index in [2.05, 4.69) is 44.6 Å². The molecule has 3 nitrogen and oxygen atoms in total. The topological polar surface area (TPSA) is 43.8 Å². The fourth-order valence-electron chi connectivity index (χ4n) is 4.05. The van der Waals surface area contributed by atoms with Gasteiger partial charge in [0.15, 0.2) is 0 Å². The number of hydrogen-bond donors (Lipinski definition) is 1. The highest BCUT2D eigenvalue weighted by Gasteiger charge is 2.36. The molecule has 0 bridgehead atoms. The van der Waals surface area contributed by atoms with Crippen molar-refractivity contribution in [3.8, 4) is 0 Å². The number of rotatable bonds is 6. The van der Waals surface area contributed by atoms with E-state index < -0.39 is 0 Å². The van der Waals surface area contributed by atoms with Gasteiger partial charge >= 0.3 is 0 Å². The van der Waals surface area contributed by atoms with Crippen molar-refractivity contribution < 1.29 is 0 Å². The van der Waals surface area contributed by atoms with Crippen LogP contribution in [0.25, 0.3) is 0 Å². The molecule has 21 heavy (non-hydrogen) atoms. The highest BCUT2D eigenvalue weighted by molar-refractivity contribution is 5.04. The predicted molar refractivity (Wildman–Crippen MR) is 89.3 cm³/mol. The van der Waals surface area contributed by atoms with Crippen LogP contribution in [0.5, 0.6) is 0 Å². The van der Waals surface area contributed by atoms with Crippen LogP contribution in [0.2, 0.25) is 0 Å². The van der Waals surface area contributed by atoms with Crippen LogP contribution in [-0.2, 0) is 6.42 Å². The van der Waals surface area contributed by atoms with Crippen molar-refractivity contribution in [2.24, 2.45) is 17.1 Å². The fraction of sp³-hybridized carbons (Fsp3) is 0.833. The molecule has 1 aliphatic rings. The molecule has 0 saturated heterocycles. The summed E-state index contributed by atoms with van der Waals surface area (Å²) < 4.78 is 2.13. The Morgan fingerprint density at radius 1 is 1.33 bits per heavy atom. The molecule has 0 spiro atoms. The molecule has 2 unspecified atom stereocenters. The average Bonchev–Trinajstić information content (AvgIpc) is 2.88. The number of nitrogens with two attached hydrogens (primary N) is 1. The largest absolute Gasteiger partial charge is 0.327 e. The molecule has 120 valence electrons. The van der Waals surface area contributed by atoms with Crippen LogP contribution >= 0.6 is 0 Å². The van der Waals surface area contributed by atoms with Gasteiger partial charge in [-0.1, -0.05) is 40.5 Å². The molecular weight excluding hydrogens is 258 g/mol. The molecule has 0 aromatic carbocycles. The van der Waals surface area contributed by atoms with E-state index in [4.69, 9.17) is 10.8 Å². The Morgan fingerprint density at radius 2 is 2.05 bits per heavy atom. The van der Waals surface area contributed by atoms with E-state index in [0.29, 0.717) is 17.4 Å². The first-order valence-electron chi connectivity index (χ1n) is 8.77. The molecule has 0 amide bonds. The Kier molecular flexibility index (Phi) is 5.48. The van der Waals surface area contributed by atoms with Gasteiger partial charge in [0, 0.05) is 18.7 Å². The molecular formula is C18H33N3. The zero-order chi connectivity index (χ0) is 15.5. The van der Waals surface area contributed by atoms with Gasteiger partial charge in [0.1, 0.15) is 0 Å². The van der Waals surface area contributed by atoms with E-state index in [9.17, 15) is 0 Å². The first-order valence-corrected chi connectivity index (χ1v) is 8.77. The second-order valence-corrected chi connectivity index (χ2v) is 7.47. The van der Waals surface area contributed by atoms with Gasteiger partial charge in [-0.2, -0.15) is 5.10 Å². The highest BCUT2D eigenvalue weighted by Crippen LogP contribution is 2.42. The van der Waals surface area contributed by atoms with Crippen LogP contribution in [0.4, 0.5) is 0 Å². The normalized spacial score (nSPS) is 23.4. The zero-order valence-electron chi connectivity index (χ0n) is 14.3. The Labute approximate surface area is 130 Å². The maximum Gasteiger partial charge on any atom is 0.0640 e. The van der Waals surface area contributed by atoms with Crippen LogP contribution in [0.15, 0.2) is 12.3 Å². The Bertz CT molecular complexity index is 431. The van der Waals surface area contributed by atoms with Gasteiger partial charge in [0.25, 0.3) is 0 Å². The maximum atomic E-state index is 6.56. The van der Waals surface area contributed by atoms with Crippen molar-refractivity contribution in [3.63, 3.8) is 0 Å². The molecule has 2 N–H and O–H groups in total. The Balaban J connectivity index is 2.01. The SMILES string of the molecule is CCC(CC)n1ccc(CC(N)C2CCCCC2(C)C)n1. The van der Waals surface area contributed by atoms with Crippen molar-refractivity contribution in [3.05, 3.63) is 18.0 Å². The first kappa shape index (κ1) is 16.5. The minimum Gasteiger partial charge on any atom is -0.327 e. The fourth-order valence-corrected chi connectivity index (χ4v) is 4.05. The minimum atomic E-state index is 0.241. The van der Waals surface area contributed by atoms with E-state index in [1.54, 1.807) is 0 Å². The van der Waals surface area contributed by atoms with Gasteiger partial charge in [-0.3, -0.25) is 4.68 Å². The van der Waals surface area contributed by atoms with Crippen LogP contribution < -0.4 is 5.73 Å². The van der Waals surface area contributed by atoms with E-state index in [-0.39, 0.29) is 6.04 Å². The van der Waals surface area contributed by atoms with E-state index in [1.807, 2.05) is 0 Å². The molecule has 2 rings (SSSR count). The summed E-state index contributed by atoms with van der Waals surface area (Å²) >= 11 is 0. The third-order valence-corrected chi connectivity index (χ3v) is 5.53. The lowest BCUT2D eigenvalue weighted by atomic mass is 9.65. The quantitative estimate of drug-likeness (QED) is 0.847. The van der Waals surface area contributed by atoms with Crippen LogP contribution in [0.3, 0.4) is 0 Å². The van der Waals surface area contributed by atoms with Crippen molar-refractivity contribution in [2.75, 3.05) is 0 Å². The molecule has 1 fully saturated rings. The summed E-state index contributed by atoms with van der Waals surface area (Å²) in [5.74, 6) is 0.629. The number of aromatic nitrogens is 2. The van der Waals surface area contributed by atoms with Gasteiger partial charge in [-0.25, -0.2) is 0 Å². The van der Waals surface area contributed by atoms with Crippen molar-refractivity contribution in [1.82, 2.24) is 9.78 Å². The Morgan fingerprint density at radius 3 is 2.67 bits per heavy atom. The van der Waals surface area contributed by atoms with Crippen LogP contribution in [0.1, 0.15) is 78.0 Å². The van der Waals surface area contributed by atoms with Crippen LogP contribution in [-0.4, -0.2) is 15.8 Å². The van der Waals surface area contributed by atoms with Crippen molar-refractivity contribution in [1.29, 1.82) is 0 Å². The predicted octanol–water partition coefficient (Wildman–Crippen LogP) is 4.33. The summed E-state index contributed by atoms with van der Waals surface area (Å²) in [6.07, 6.45) is 10.6. The average molecular weight is 291 g/mol. The standard InChI is InChI=1S/C18H33N3/c1-5-15(6-2)21-12-10-14(20-21)13-17(19)16-9-7-8-11-18(16,3)4/h10,12,15-17H,5-9,11,13,19H2,1-4H3. The molecule has 3 heteroatoms. The van der Waals surface area contributed by atoms with E-state index in [1.165, 1.54) is 25.7 Å². The molecule has 1 aromatic heterocycles. The molecule has 1 aromatic rings. The molecule has 2 atom stereocenters. The van der Waals surface area contributed by atoms with E-state index in [0.717, 1.165) is 25.0 Å². The molecule has 1 aliphatic carbocycles. The van der Waals surface area contributed by atoms with Gasteiger partial charge < -0.3 is 5.73 Å². The highest BCUT2D eigenvalue weighted by atomic mass is 15.3. The maximum absolute atomic E-state index is 6.56. The second kappa shape index (κ2) is 6.95. The van der Waals surface area contributed by atoms with Gasteiger partial charge in [-0.15, -0.1) is 0 Å². The number of hydrogen-bond acceptors (Lipinski definition) is 2. The second-order valence-electron chi connectivity index (χ2n) is 7.47. The molecule has 1 heterocycles. The van der Waals surface area contributed by atoms with Gasteiger partial charge in [0.05, 0.1) is 11.7 Å². The lowest BCUT2D eigenvalue weighted by Gasteiger charge is -2.42. The smallest absolute Gasteiger partial charge is 0.0640 e. The summed E-state index contributed by atoms with van der Waals surface area (Å²) in [4.78, 5) is 0. The lowest BCUT2D eigenvalue weighted by Crippen LogP contribution is -2.43. The van der Waals surface area contributed by atoms with Crippen LogP contribution in [0, 0.1) is 11.3 Å². The third kappa shape index (κ3) is 3.88. The minimum absolute atomic E-state index is 0.241. The van der Waals surface area contributed by atoms with E-state index >= 15 is 0 Å². The van der Waals surface area contributed by atoms with Gasteiger partial charge in [0.2, 0.25) is 0 Å². The summed E-state index contributed by atoms with van der Waals surface area (Å²) in [6.45, 7) is 9.23. The summed E-state index contributed by atoms with van der Waals surface area (Å²) in [5, 5.41) is 4.77. The molecule has 0 aliphatic heterocycles. The first-order chi connectivity index (χ1) is 9.97. The summed E-state index contributed by atoms with van der Waals surface area (Å²) in [7, 11) is 0. The van der Waals surface area contributed by atoms with Gasteiger partial charge in [-0.05, 0) is 43.1 Å². The monoisotopic (exact) mass is 291 g/mol. The Hall–Kier alpha value is -0.830. The third-order valence-electron chi connectivity index (χ3n) is 5.53. The number of nitrogens with zero attached hydrogens (tertiary/aromatic N) is 2.